The SMILES string of the molecule is CC(Br)CCN(C)C(=O)Cc1cccc(Br)c1. The Balaban J connectivity index is 2.48. The van der Waals surface area contributed by atoms with Crippen molar-refractivity contribution in [2.45, 2.75) is 24.6 Å². The number of benzene rings is 1. The standard InChI is InChI=1S/C13H17Br2NO/c1-10(14)6-7-16(2)13(17)9-11-4-3-5-12(15)8-11/h3-5,8,10H,6-7,9H2,1-2H3. The van der Waals surface area contributed by atoms with E-state index in [1.165, 1.54) is 0 Å². The molecule has 94 valence electrons. The topological polar surface area (TPSA) is 20.3 Å². The monoisotopic (exact) mass is 361 g/mol. The van der Waals surface area contributed by atoms with Crippen LogP contribution in [0.2, 0.25) is 0 Å². The molecule has 1 aromatic carbocycles. The summed E-state index contributed by atoms with van der Waals surface area (Å²) in [4.78, 5) is 14.2. The first kappa shape index (κ1) is 14.7. The average Bonchev–Trinajstić information content (AvgIpc) is 2.25. The Morgan fingerprint density at radius 1 is 1.47 bits per heavy atom. The van der Waals surface area contributed by atoms with E-state index in [1.807, 2.05) is 31.3 Å². The second-order valence-corrected chi connectivity index (χ2v) is 6.67. The molecule has 1 amide bonds. The third-order valence-corrected chi connectivity index (χ3v) is 3.48. The maximum Gasteiger partial charge on any atom is 0.226 e. The summed E-state index contributed by atoms with van der Waals surface area (Å²) in [5.41, 5.74) is 1.04. The maximum absolute atomic E-state index is 11.9. The second kappa shape index (κ2) is 7.17. The molecule has 17 heavy (non-hydrogen) atoms. The molecule has 0 saturated heterocycles. The molecule has 0 N–H and O–H groups in total. The van der Waals surface area contributed by atoms with Gasteiger partial charge in [0.25, 0.3) is 0 Å². The summed E-state index contributed by atoms with van der Waals surface area (Å²) in [6, 6.07) is 7.87. The molecular weight excluding hydrogens is 346 g/mol. The van der Waals surface area contributed by atoms with Crippen molar-refractivity contribution < 1.29 is 4.79 Å². The van der Waals surface area contributed by atoms with Crippen LogP contribution in [0.4, 0.5) is 0 Å². The van der Waals surface area contributed by atoms with Crippen LogP contribution in [-0.4, -0.2) is 29.2 Å². The lowest BCUT2D eigenvalue weighted by Gasteiger charge is -2.18. The fraction of sp³-hybridized carbons (Fsp3) is 0.462. The van der Waals surface area contributed by atoms with Gasteiger partial charge in [0.2, 0.25) is 5.91 Å². The second-order valence-electron chi connectivity index (χ2n) is 4.19. The number of nitrogens with zero attached hydrogens (tertiary/aromatic N) is 1. The van der Waals surface area contributed by atoms with Gasteiger partial charge in [-0.05, 0) is 24.1 Å². The van der Waals surface area contributed by atoms with Crippen LogP contribution in [0, 0.1) is 0 Å². The van der Waals surface area contributed by atoms with Gasteiger partial charge in [-0.15, -0.1) is 0 Å². The minimum absolute atomic E-state index is 0.163. The predicted molar refractivity (Wildman–Crippen MR) is 78.5 cm³/mol. The number of likely N-dealkylation sites (N-methyl/N-ethyl adjacent to an activating group) is 1. The highest BCUT2D eigenvalue weighted by Gasteiger charge is 2.10. The molecule has 0 heterocycles. The fourth-order valence-corrected chi connectivity index (χ4v) is 2.10. The zero-order chi connectivity index (χ0) is 12.8. The smallest absolute Gasteiger partial charge is 0.226 e. The number of alkyl halides is 1. The van der Waals surface area contributed by atoms with Gasteiger partial charge < -0.3 is 4.90 Å². The van der Waals surface area contributed by atoms with Crippen LogP contribution in [0.25, 0.3) is 0 Å². The van der Waals surface area contributed by atoms with E-state index in [0.29, 0.717) is 11.2 Å². The number of amides is 1. The molecule has 0 saturated carbocycles. The molecule has 1 unspecified atom stereocenters. The molecule has 0 radical (unpaired) electrons. The van der Waals surface area contributed by atoms with E-state index in [2.05, 4.69) is 38.8 Å². The summed E-state index contributed by atoms with van der Waals surface area (Å²) in [5, 5.41) is 0. The number of carbonyl (C=O) groups excluding carboxylic acids is 1. The number of rotatable bonds is 5. The van der Waals surface area contributed by atoms with Crippen molar-refractivity contribution in [1.29, 1.82) is 0 Å². The Morgan fingerprint density at radius 2 is 2.18 bits per heavy atom. The van der Waals surface area contributed by atoms with Gasteiger partial charge in [0, 0.05) is 22.9 Å². The summed E-state index contributed by atoms with van der Waals surface area (Å²) in [5.74, 6) is 0.163. The lowest BCUT2D eigenvalue weighted by molar-refractivity contribution is -0.129. The van der Waals surface area contributed by atoms with Crippen molar-refractivity contribution in [1.82, 2.24) is 4.90 Å². The Labute approximate surface area is 120 Å². The first-order valence-electron chi connectivity index (χ1n) is 5.61. The molecule has 0 aliphatic heterocycles. The highest BCUT2D eigenvalue weighted by molar-refractivity contribution is 9.10. The van der Waals surface area contributed by atoms with Gasteiger partial charge in [-0.1, -0.05) is 50.9 Å². The van der Waals surface area contributed by atoms with E-state index in [0.717, 1.165) is 23.0 Å². The minimum Gasteiger partial charge on any atom is -0.345 e. The van der Waals surface area contributed by atoms with Crippen molar-refractivity contribution in [3.8, 4) is 0 Å². The molecule has 1 rings (SSSR count). The highest BCUT2D eigenvalue weighted by atomic mass is 79.9. The fourth-order valence-electron chi connectivity index (χ4n) is 1.45. The third kappa shape index (κ3) is 5.68. The Morgan fingerprint density at radius 3 is 2.76 bits per heavy atom. The Bertz CT molecular complexity index is 379. The average molecular weight is 363 g/mol. The lowest BCUT2D eigenvalue weighted by Crippen LogP contribution is -2.30. The summed E-state index contributed by atoms with van der Waals surface area (Å²) in [6.07, 6.45) is 1.44. The number of halogens is 2. The summed E-state index contributed by atoms with van der Waals surface area (Å²) < 4.78 is 1.01. The molecule has 4 heteroatoms. The van der Waals surface area contributed by atoms with Crippen molar-refractivity contribution in [3.63, 3.8) is 0 Å². The zero-order valence-electron chi connectivity index (χ0n) is 10.1. The molecule has 1 atom stereocenters. The van der Waals surface area contributed by atoms with E-state index >= 15 is 0 Å². The van der Waals surface area contributed by atoms with E-state index in [9.17, 15) is 4.79 Å². The van der Waals surface area contributed by atoms with Crippen LogP contribution in [-0.2, 0) is 11.2 Å². The first-order valence-corrected chi connectivity index (χ1v) is 7.32. The van der Waals surface area contributed by atoms with E-state index in [-0.39, 0.29) is 5.91 Å². The maximum atomic E-state index is 11.9. The number of carbonyl (C=O) groups is 1. The third-order valence-electron chi connectivity index (χ3n) is 2.53. The van der Waals surface area contributed by atoms with Crippen LogP contribution in [0.15, 0.2) is 28.7 Å². The molecule has 1 aromatic rings. The van der Waals surface area contributed by atoms with Gasteiger partial charge in [0.05, 0.1) is 6.42 Å². The van der Waals surface area contributed by atoms with Crippen molar-refractivity contribution >= 4 is 37.8 Å². The van der Waals surface area contributed by atoms with Crippen molar-refractivity contribution in [2.24, 2.45) is 0 Å². The van der Waals surface area contributed by atoms with Crippen LogP contribution in [0.1, 0.15) is 18.9 Å². The molecule has 2 nitrogen and oxygen atoms in total. The number of hydrogen-bond acceptors (Lipinski definition) is 1. The van der Waals surface area contributed by atoms with Crippen LogP contribution < -0.4 is 0 Å². The van der Waals surface area contributed by atoms with Crippen molar-refractivity contribution in [3.05, 3.63) is 34.3 Å². The molecule has 0 fully saturated rings. The highest BCUT2D eigenvalue weighted by Crippen LogP contribution is 2.13. The quantitative estimate of drug-likeness (QED) is 0.732. The lowest BCUT2D eigenvalue weighted by atomic mass is 10.1. The van der Waals surface area contributed by atoms with E-state index in [4.69, 9.17) is 0 Å². The zero-order valence-corrected chi connectivity index (χ0v) is 13.3. The molecule has 0 bridgehead atoms. The molecule has 0 aromatic heterocycles. The molecule has 0 aliphatic rings. The Kier molecular flexibility index (Phi) is 6.20. The van der Waals surface area contributed by atoms with Gasteiger partial charge in [-0.25, -0.2) is 0 Å². The normalized spacial score (nSPS) is 12.2. The number of hydrogen-bond donors (Lipinski definition) is 0. The molecular formula is C13H17Br2NO. The van der Waals surface area contributed by atoms with Gasteiger partial charge in [0.15, 0.2) is 0 Å². The van der Waals surface area contributed by atoms with Crippen LogP contribution in [0.3, 0.4) is 0 Å². The Hall–Kier alpha value is -0.350. The van der Waals surface area contributed by atoms with Gasteiger partial charge in [0.1, 0.15) is 0 Å². The largest absolute Gasteiger partial charge is 0.345 e. The molecule has 0 spiro atoms. The minimum atomic E-state index is 0.163. The van der Waals surface area contributed by atoms with Gasteiger partial charge >= 0.3 is 0 Å². The van der Waals surface area contributed by atoms with Crippen LogP contribution >= 0.6 is 31.9 Å². The summed E-state index contributed by atoms with van der Waals surface area (Å²) in [6.45, 7) is 2.88. The van der Waals surface area contributed by atoms with E-state index in [1.54, 1.807) is 4.90 Å². The van der Waals surface area contributed by atoms with Crippen LogP contribution in [0.5, 0.6) is 0 Å². The van der Waals surface area contributed by atoms with Gasteiger partial charge in [-0.2, -0.15) is 0 Å². The predicted octanol–water partition coefficient (Wildman–Crippen LogP) is 3.62. The van der Waals surface area contributed by atoms with Gasteiger partial charge in [-0.3, -0.25) is 4.79 Å². The van der Waals surface area contributed by atoms with E-state index < -0.39 is 0 Å². The molecule has 0 aliphatic carbocycles. The summed E-state index contributed by atoms with van der Waals surface area (Å²) >= 11 is 6.89. The first-order chi connectivity index (χ1) is 7.99. The summed E-state index contributed by atoms with van der Waals surface area (Å²) in [7, 11) is 1.86. The van der Waals surface area contributed by atoms with Crippen molar-refractivity contribution in [2.75, 3.05) is 13.6 Å².